The third-order valence-corrected chi connectivity index (χ3v) is 2.63. The number of unbranched alkanes of at least 4 members (excludes halogenated alkanes) is 1. The Hall–Kier alpha value is -0.793. The SMILES string of the molecule is C[Si](C)(C)C#C[C@@H](O)CCCCC(=O)O. The topological polar surface area (TPSA) is 57.5 Å². The van der Waals surface area contributed by atoms with E-state index in [1.165, 1.54) is 0 Å². The summed E-state index contributed by atoms with van der Waals surface area (Å²) in [5.41, 5.74) is 3.09. The Morgan fingerprint density at radius 2 is 1.93 bits per heavy atom. The highest BCUT2D eigenvalue weighted by Gasteiger charge is 2.08. The van der Waals surface area contributed by atoms with Gasteiger partial charge in [-0.1, -0.05) is 25.6 Å². The molecular weight excluding hydrogens is 208 g/mol. The second-order valence-electron chi connectivity index (χ2n) is 4.67. The van der Waals surface area contributed by atoms with Gasteiger partial charge in [0.05, 0.1) is 0 Å². The highest BCUT2D eigenvalue weighted by atomic mass is 28.3. The van der Waals surface area contributed by atoms with E-state index >= 15 is 0 Å². The van der Waals surface area contributed by atoms with Gasteiger partial charge in [0.25, 0.3) is 0 Å². The second-order valence-corrected chi connectivity index (χ2v) is 9.42. The van der Waals surface area contributed by atoms with Gasteiger partial charge in [0.15, 0.2) is 0 Å². The zero-order valence-corrected chi connectivity index (χ0v) is 10.7. The number of hydrogen-bond acceptors (Lipinski definition) is 2. The van der Waals surface area contributed by atoms with Crippen LogP contribution in [-0.2, 0) is 4.79 Å². The molecule has 0 spiro atoms. The summed E-state index contributed by atoms with van der Waals surface area (Å²) in [6.45, 7) is 6.37. The van der Waals surface area contributed by atoms with E-state index in [-0.39, 0.29) is 6.42 Å². The molecule has 15 heavy (non-hydrogen) atoms. The minimum absolute atomic E-state index is 0.175. The van der Waals surface area contributed by atoms with E-state index in [4.69, 9.17) is 5.11 Å². The lowest BCUT2D eigenvalue weighted by molar-refractivity contribution is -0.137. The molecule has 0 amide bonds. The van der Waals surface area contributed by atoms with Gasteiger partial charge in [-0.15, -0.1) is 5.54 Å². The predicted molar refractivity (Wildman–Crippen MR) is 63.2 cm³/mol. The van der Waals surface area contributed by atoms with Gasteiger partial charge < -0.3 is 10.2 Å². The summed E-state index contributed by atoms with van der Waals surface area (Å²) in [6.07, 6.45) is 1.49. The number of aliphatic hydroxyl groups excluding tert-OH is 1. The van der Waals surface area contributed by atoms with Gasteiger partial charge in [-0.05, 0) is 19.3 Å². The first kappa shape index (κ1) is 14.2. The van der Waals surface area contributed by atoms with Crippen LogP contribution in [0.5, 0.6) is 0 Å². The highest BCUT2D eigenvalue weighted by Crippen LogP contribution is 2.04. The molecule has 0 rings (SSSR count). The predicted octanol–water partition coefficient (Wildman–Crippen LogP) is 1.87. The quantitative estimate of drug-likeness (QED) is 0.429. The number of aliphatic hydroxyl groups is 1. The lowest BCUT2D eigenvalue weighted by Gasteiger charge is -2.06. The maximum atomic E-state index is 10.2. The second kappa shape index (κ2) is 6.65. The smallest absolute Gasteiger partial charge is 0.303 e. The number of carboxylic acids is 1. The summed E-state index contributed by atoms with van der Waals surface area (Å²) in [5, 5.41) is 17.9. The van der Waals surface area contributed by atoms with Crippen LogP contribution >= 0.6 is 0 Å². The monoisotopic (exact) mass is 228 g/mol. The molecular formula is C11H20O3Si. The van der Waals surface area contributed by atoms with E-state index in [2.05, 4.69) is 31.1 Å². The molecule has 4 heteroatoms. The van der Waals surface area contributed by atoms with Crippen molar-refractivity contribution in [3.8, 4) is 11.5 Å². The van der Waals surface area contributed by atoms with Crippen molar-refractivity contribution in [2.45, 2.75) is 51.4 Å². The van der Waals surface area contributed by atoms with Crippen LogP contribution in [0, 0.1) is 11.5 Å². The van der Waals surface area contributed by atoms with E-state index < -0.39 is 20.1 Å². The minimum Gasteiger partial charge on any atom is -0.481 e. The molecule has 3 nitrogen and oxygen atoms in total. The molecule has 0 fully saturated rings. The van der Waals surface area contributed by atoms with Crippen molar-refractivity contribution in [2.75, 3.05) is 0 Å². The van der Waals surface area contributed by atoms with Crippen molar-refractivity contribution < 1.29 is 15.0 Å². The summed E-state index contributed by atoms with van der Waals surface area (Å²) in [7, 11) is -1.40. The fourth-order valence-corrected chi connectivity index (χ4v) is 1.59. The van der Waals surface area contributed by atoms with Gasteiger partial charge in [0.1, 0.15) is 14.2 Å². The highest BCUT2D eigenvalue weighted by molar-refractivity contribution is 6.83. The summed E-state index contributed by atoms with van der Waals surface area (Å²) in [5.74, 6) is 2.05. The number of carboxylic acid groups (broad SMARTS) is 1. The summed E-state index contributed by atoms with van der Waals surface area (Å²) >= 11 is 0. The van der Waals surface area contributed by atoms with Crippen molar-refractivity contribution in [1.82, 2.24) is 0 Å². The molecule has 0 radical (unpaired) electrons. The molecule has 0 aromatic heterocycles. The molecule has 0 aromatic carbocycles. The first-order valence-corrected chi connectivity index (χ1v) is 8.74. The van der Waals surface area contributed by atoms with E-state index in [1.54, 1.807) is 0 Å². The molecule has 2 N–H and O–H groups in total. The zero-order chi connectivity index (χ0) is 11.9. The Morgan fingerprint density at radius 3 is 2.40 bits per heavy atom. The lowest BCUT2D eigenvalue weighted by Crippen LogP contribution is -2.17. The van der Waals surface area contributed by atoms with Gasteiger partial charge in [0, 0.05) is 6.42 Å². The number of aliphatic carboxylic acids is 1. The van der Waals surface area contributed by atoms with Crippen LogP contribution in [0.25, 0.3) is 0 Å². The summed E-state index contributed by atoms with van der Waals surface area (Å²) in [4.78, 5) is 10.2. The maximum absolute atomic E-state index is 10.2. The number of hydrogen-bond donors (Lipinski definition) is 2. The van der Waals surface area contributed by atoms with E-state index in [9.17, 15) is 9.90 Å². The fourth-order valence-electron chi connectivity index (χ4n) is 0.986. The van der Waals surface area contributed by atoms with Crippen molar-refractivity contribution in [3.05, 3.63) is 0 Å². The summed E-state index contributed by atoms with van der Waals surface area (Å²) < 4.78 is 0. The molecule has 0 bridgehead atoms. The van der Waals surface area contributed by atoms with E-state index in [0.717, 1.165) is 0 Å². The molecule has 1 atom stereocenters. The first-order valence-electron chi connectivity index (χ1n) is 5.24. The average molecular weight is 228 g/mol. The van der Waals surface area contributed by atoms with Gasteiger partial charge in [-0.2, -0.15) is 0 Å². The molecule has 86 valence electrons. The Morgan fingerprint density at radius 1 is 1.33 bits per heavy atom. The van der Waals surface area contributed by atoms with Gasteiger partial charge in [-0.25, -0.2) is 0 Å². The molecule has 0 aliphatic heterocycles. The van der Waals surface area contributed by atoms with Crippen molar-refractivity contribution in [3.63, 3.8) is 0 Å². The first-order chi connectivity index (χ1) is 6.81. The Labute approximate surface area is 92.5 Å². The van der Waals surface area contributed by atoms with Gasteiger partial charge in [0.2, 0.25) is 0 Å². The Balaban J connectivity index is 3.69. The number of carbonyl (C=O) groups is 1. The molecule has 0 unspecified atom stereocenters. The minimum atomic E-state index is -1.40. The Bertz CT molecular complexity index is 257. The van der Waals surface area contributed by atoms with Crippen molar-refractivity contribution >= 4 is 14.0 Å². The standard InChI is InChI=1S/C11H20O3Si/c1-15(2,3)9-8-10(12)6-4-5-7-11(13)14/h10,12H,4-7H2,1-3H3,(H,13,14)/t10-/m0/s1. The third kappa shape index (κ3) is 11.1. The van der Waals surface area contributed by atoms with Crippen LogP contribution in [0.1, 0.15) is 25.7 Å². The zero-order valence-electron chi connectivity index (χ0n) is 9.71. The van der Waals surface area contributed by atoms with E-state index in [0.29, 0.717) is 19.3 Å². The molecule has 0 aromatic rings. The van der Waals surface area contributed by atoms with E-state index in [1.807, 2.05) is 0 Å². The van der Waals surface area contributed by atoms with Crippen LogP contribution in [-0.4, -0.2) is 30.4 Å². The molecule has 0 saturated carbocycles. The largest absolute Gasteiger partial charge is 0.481 e. The van der Waals surface area contributed by atoms with Crippen molar-refractivity contribution in [2.24, 2.45) is 0 Å². The van der Waals surface area contributed by atoms with Gasteiger partial charge in [-0.3, -0.25) is 4.79 Å². The number of rotatable bonds is 5. The van der Waals surface area contributed by atoms with Crippen molar-refractivity contribution in [1.29, 1.82) is 0 Å². The lowest BCUT2D eigenvalue weighted by atomic mass is 10.1. The average Bonchev–Trinajstić information content (AvgIpc) is 2.07. The maximum Gasteiger partial charge on any atom is 0.303 e. The fraction of sp³-hybridized carbons (Fsp3) is 0.727. The summed E-state index contributed by atoms with van der Waals surface area (Å²) in [6, 6.07) is 0. The van der Waals surface area contributed by atoms with Crippen LogP contribution in [0.15, 0.2) is 0 Å². The Kier molecular flexibility index (Phi) is 6.30. The molecule has 0 aliphatic rings. The van der Waals surface area contributed by atoms with Crippen LogP contribution in [0.4, 0.5) is 0 Å². The van der Waals surface area contributed by atoms with Gasteiger partial charge >= 0.3 is 5.97 Å². The molecule has 0 heterocycles. The molecule has 0 saturated heterocycles. The van der Waals surface area contributed by atoms with Crippen LogP contribution in [0.3, 0.4) is 0 Å². The van der Waals surface area contributed by atoms with Crippen LogP contribution < -0.4 is 0 Å². The molecule has 0 aliphatic carbocycles. The van der Waals surface area contributed by atoms with Crippen LogP contribution in [0.2, 0.25) is 19.6 Å². The normalized spacial score (nSPS) is 12.8. The third-order valence-electron chi connectivity index (χ3n) is 1.73.